The van der Waals surface area contributed by atoms with Gasteiger partial charge in [-0.1, -0.05) is 37.8 Å². The van der Waals surface area contributed by atoms with E-state index in [1.54, 1.807) is 25.1 Å². The molecule has 0 aliphatic carbocycles. The second kappa shape index (κ2) is 18.5. The van der Waals surface area contributed by atoms with Crippen molar-refractivity contribution in [2.24, 2.45) is 0 Å². The average Bonchev–Trinajstić information content (AvgIpc) is 2.95. The molecule has 0 fully saturated rings. The lowest BCUT2D eigenvalue weighted by atomic mass is 10.1. The number of rotatable bonds is 20. The first-order chi connectivity index (χ1) is 20.4. The Hall–Kier alpha value is -3.12. The maximum absolute atomic E-state index is 12.1. The molecular weight excluding hydrogens is 570 g/mol. The minimum absolute atomic E-state index is 0.0204. The first kappa shape index (κ1) is 36.1. The number of unbranched alkanes of at least 4 members (excludes halogenated alkanes) is 5. The number of hydrogen-bond acceptors (Lipinski definition) is 10. The molecule has 1 atom stereocenters. The van der Waals surface area contributed by atoms with E-state index in [0.29, 0.717) is 25.5 Å². The molecule has 0 saturated heterocycles. The van der Waals surface area contributed by atoms with Crippen LogP contribution in [-0.4, -0.2) is 74.1 Å². The standard InChI is InChI=1S/C31H51N5O6S/c1-7-43(38,39)41-23-13-11-9-8-10-12-19-32-28-18-20-33-29(35-28)34-25(2)26-16-14-17-27(24-26)40-22-15-21-36(6)30(37)42-31(3,4)5/h14,16-18,20,24-25H,7-13,15,19,21-23H2,1-6H3,(H2,32,33,34,35)/t25-/m1/s1. The summed E-state index contributed by atoms with van der Waals surface area (Å²) in [6, 6.07) is 9.72. The molecule has 0 aliphatic rings. The lowest BCUT2D eigenvalue weighted by Crippen LogP contribution is -2.35. The van der Waals surface area contributed by atoms with Crippen LogP contribution < -0.4 is 15.4 Å². The molecule has 12 heteroatoms. The van der Waals surface area contributed by atoms with Crippen LogP contribution in [0.1, 0.15) is 91.2 Å². The van der Waals surface area contributed by atoms with Crippen molar-refractivity contribution >= 4 is 28.0 Å². The average molecular weight is 622 g/mol. The third-order valence-corrected chi connectivity index (χ3v) is 7.70. The van der Waals surface area contributed by atoms with Crippen LogP contribution in [0.4, 0.5) is 16.6 Å². The third-order valence-electron chi connectivity index (χ3n) is 6.46. The molecule has 1 aromatic carbocycles. The smallest absolute Gasteiger partial charge is 0.410 e. The maximum Gasteiger partial charge on any atom is 0.410 e. The van der Waals surface area contributed by atoms with Gasteiger partial charge in [-0.2, -0.15) is 13.4 Å². The molecule has 2 N–H and O–H groups in total. The zero-order valence-electron chi connectivity index (χ0n) is 26.7. The predicted molar refractivity (Wildman–Crippen MR) is 171 cm³/mol. The van der Waals surface area contributed by atoms with Crippen LogP contribution in [0.5, 0.6) is 5.75 Å². The first-order valence-corrected chi connectivity index (χ1v) is 16.8. The van der Waals surface area contributed by atoms with E-state index in [4.69, 9.17) is 13.7 Å². The zero-order valence-corrected chi connectivity index (χ0v) is 27.5. The number of hydrogen-bond donors (Lipinski definition) is 2. The quantitative estimate of drug-likeness (QED) is 0.126. The van der Waals surface area contributed by atoms with E-state index < -0.39 is 15.7 Å². The van der Waals surface area contributed by atoms with Crippen molar-refractivity contribution in [3.05, 3.63) is 42.1 Å². The van der Waals surface area contributed by atoms with Crippen molar-refractivity contribution in [2.75, 3.05) is 49.7 Å². The Balaban J connectivity index is 1.67. The van der Waals surface area contributed by atoms with E-state index in [2.05, 4.69) is 20.6 Å². The van der Waals surface area contributed by atoms with Gasteiger partial charge in [0.2, 0.25) is 5.95 Å². The molecule has 0 bridgehead atoms. The van der Waals surface area contributed by atoms with E-state index in [1.165, 1.54) is 0 Å². The number of nitrogens with one attached hydrogen (secondary N) is 2. The van der Waals surface area contributed by atoms with Crippen LogP contribution in [-0.2, 0) is 19.0 Å². The third kappa shape index (κ3) is 15.8. The monoisotopic (exact) mass is 621 g/mol. The molecule has 0 spiro atoms. The number of amides is 1. The normalized spacial score (nSPS) is 12.4. The SMILES string of the molecule is CCS(=O)(=O)OCCCCCCCCNc1ccnc(N[C@H](C)c2cccc(OCCCN(C)C(=O)OC(C)(C)C)c2)n1. The number of benzene rings is 1. The fourth-order valence-corrected chi connectivity index (χ4v) is 4.56. The highest BCUT2D eigenvalue weighted by atomic mass is 32.2. The van der Waals surface area contributed by atoms with Crippen molar-refractivity contribution in [1.82, 2.24) is 14.9 Å². The van der Waals surface area contributed by atoms with Gasteiger partial charge in [0.05, 0.1) is 25.0 Å². The Morgan fingerprint density at radius 3 is 2.47 bits per heavy atom. The van der Waals surface area contributed by atoms with Crippen molar-refractivity contribution in [3.63, 3.8) is 0 Å². The van der Waals surface area contributed by atoms with Crippen molar-refractivity contribution in [1.29, 1.82) is 0 Å². The highest BCUT2D eigenvalue weighted by Gasteiger charge is 2.19. The van der Waals surface area contributed by atoms with Gasteiger partial charge in [0.25, 0.3) is 10.1 Å². The van der Waals surface area contributed by atoms with Gasteiger partial charge in [-0.3, -0.25) is 4.18 Å². The number of nitrogens with zero attached hydrogens (tertiary/aromatic N) is 3. The van der Waals surface area contributed by atoms with Gasteiger partial charge >= 0.3 is 6.09 Å². The predicted octanol–water partition coefficient (Wildman–Crippen LogP) is 6.40. The van der Waals surface area contributed by atoms with Crippen LogP contribution >= 0.6 is 0 Å². The van der Waals surface area contributed by atoms with E-state index in [0.717, 1.165) is 62.2 Å². The van der Waals surface area contributed by atoms with Gasteiger partial charge in [0.15, 0.2) is 0 Å². The minimum Gasteiger partial charge on any atom is -0.494 e. The summed E-state index contributed by atoms with van der Waals surface area (Å²) in [5.74, 6) is 2.10. The van der Waals surface area contributed by atoms with E-state index in [9.17, 15) is 13.2 Å². The summed E-state index contributed by atoms with van der Waals surface area (Å²) in [5, 5.41) is 6.73. The van der Waals surface area contributed by atoms with Crippen LogP contribution in [0.3, 0.4) is 0 Å². The number of anilines is 2. The summed E-state index contributed by atoms with van der Waals surface area (Å²) >= 11 is 0. The van der Waals surface area contributed by atoms with Crippen LogP contribution in [0.25, 0.3) is 0 Å². The van der Waals surface area contributed by atoms with Gasteiger partial charge < -0.3 is 25.0 Å². The summed E-state index contributed by atoms with van der Waals surface area (Å²) in [6.07, 6.45) is 8.09. The van der Waals surface area contributed by atoms with Gasteiger partial charge in [-0.25, -0.2) is 9.78 Å². The Morgan fingerprint density at radius 2 is 1.74 bits per heavy atom. The zero-order chi connectivity index (χ0) is 31.7. The fourth-order valence-electron chi connectivity index (χ4n) is 4.02. The topological polar surface area (TPSA) is 132 Å². The summed E-state index contributed by atoms with van der Waals surface area (Å²) < 4.78 is 38.8. The first-order valence-electron chi connectivity index (χ1n) is 15.3. The molecule has 2 aromatic rings. The van der Waals surface area contributed by atoms with E-state index in [1.807, 2.05) is 58.0 Å². The number of ether oxygens (including phenoxy) is 2. The Labute approximate surface area is 258 Å². The molecule has 242 valence electrons. The molecule has 2 rings (SSSR count). The number of aromatic nitrogens is 2. The molecule has 43 heavy (non-hydrogen) atoms. The maximum atomic E-state index is 12.1. The summed E-state index contributed by atoms with van der Waals surface area (Å²) in [5.41, 5.74) is 0.531. The van der Waals surface area contributed by atoms with Crippen molar-refractivity contribution < 1.29 is 26.9 Å². The molecule has 0 aliphatic heterocycles. The molecule has 1 heterocycles. The highest BCUT2D eigenvalue weighted by Crippen LogP contribution is 2.22. The molecule has 0 unspecified atom stereocenters. The number of carbonyl (C=O) groups is 1. The Kier molecular flexibility index (Phi) is 15.5. The van der Waals surface area contributed by atoms with Crippen molar-refractivity contribution in [3.8, 4) is 5.75 Å². The van der Waals surface area contributed by atoms with Crippen LogP contribution in [0, 0.1) is 0 Å². The van der Waals surface area contributed by atoms with E-state index in [-0.39, 0.29) is 24.5 Å². The summed E-state index contributed by atoms with van der Waals surface area (Å²) in [4.78, 5) is 22.6. The van der Waals surface area contributed by atoms with Gasteiger partial charge in [-0.15, -0.1) is 0 Å². The summed E-state index contributed by atoms with van der Waals surface area (Å²) in [7, 11) is -1.60. The molecule has 0 radical (unpaired) electrons. The van der Waals surface area contributed by atoms with Crippen molar-refractivity contribution in [2.45, 2.75) is 91.2 Å². The number of carbonyl (C=O) groups excluding carboxylic acids is 1. The molecule has 11 nitrogen and oxygen atoms in total. The fraction of sp³-hybridized carbons (Fsp3) is 0.645. The highest BCUT2D eigenvalue weighted by molar-refractivity contribution is 7.86. The second-order valence-corrected chi connectivity index (χ2v) is 13.5. The molecular formula is C31H51N5O6S. The lowest BCUT2D eigenvalue weighted by molar-refractivity contribution is 0.0292. The van der Waals surface area contributed by atoms with Gasteiger partial charge in [0.1, 0.15) is 17.2 Å². The van der Waals surface area contributed by atoms with Crippen LogP contribution in [0.15, 0.2) is 36.5 Å². The molecule has 1 aromatic heterocycles. The Morgan fingerprint density at radius 1 is 1.02 bits per heavy atom. The second-order valence-electron chi connectivity index (χ2n) is 11.5. The van der Waals surface area contributed by atoms with E-state index >= 15 is 0 Å². The van der Waals surface area contributed by atoms with Gasteiger partial charge in [-0.05, 0) is 77.6 Å². The Bertz CT molecular complexity index is 1210. The molecule has 1 amide bonds. The molecule has 0 saturated carbocycles. The van der Waals surface area contributed by atoms with Gasteiger partial charge in [0, 0.05) is 26.3 Å². The largest absolute Gasteiger partial charge is 0.494 e. The summed E-state index contributed by atoms with van der Waals surface area (Å²) in [6.45, 7) is 11.3. The van der Waals surface area contributed by atoms with Crippen LogP contribution in [0.2, 0.25) is 0 Å². The minimum atomic E-state index is -3.33. The lowest BCUT2D eigenvalue weighted by Gasteiger charge is -2.24.